The van der Waals surface area contributed by atoms with E-state index in [2.05, 4.69) is 15.6 Å². The van der Waals surface area contributed by atoms with Crippen molar-refractivity contribution in [1.82, 2.24) is 15.2 Å². The molecule has 1 atom stereocenters. The summed E-state index contributed by atoms with van der Waals surface area (Å²) in [5.41, 5.74) is 2.71. The summed E-state index contributed by atoms with van der Waals surface area (Å²) in [7, 11) is 0. The molecule has 1 aliphatic rings. The van der Waals surface area contributed by atoms with Crippen LogP contribution in [0.2, 0.25) is 0 Å². The number of fused-ring (bicyclic) bond motifs is 1. The minimum Gasteiger partial charge on any atom is -0.361 e. The molecule has 7 heteroatoms. The third-order valence-corrected chi connectivity index (χ3v) is 4.83. The highest BCUT2D eigenvalue weighted by atomic mass is 16.2. The number of imide groups is 1. The molecule has 0 bridgehead atoms. The molecule has 0 aliphatic carbocycles. The van der Waals surface area contributed by atoms with Crippen molar-refractivity contribution in [1.29, 1.82) is 0 Å². The number of amides is 4. The van der Waals surface area contributed by atoms with Crippen LogP contribution in [-0.4, -0.2) is 40.3 Å². The fourth-order valence-corrected chi connectivity index (χ4v) is 3.42. The van der Waals surface area contributed by atoms with Gasteiger partial charge in [0, 0.05) is 29.3 Å². The lowest BCUT2D eigenvalue weighted by molar-refractivity contribution is -0.129. The van der Waals surface area contributed by atoms with Gasteiger partial charge in [-0.25, -0.2) is 4.79 Å². The lowest BCUT2D eigenvalue weighted by atomic mass is 10.1. The third-order valence-electron chi connectivity index (χ3n) is 4.83. The zero-order valence-corrected chi connectivity index (χ0v) is 15.1. The van der Waals surface area contributed by atoms with E-state index in [0.717, 1.165) is 16.5 Å². The summed E-state index contributed by atoms with van der Waals surface area (Å²) in [4.78, 5) is 41.3. The highest BCUT2D eigenvalue weighted by Crippen LogP contribution is 2.19. The minimum absolute atomic E-state index is 0.0942. The van der Waals surface area contributed by atoms with Crippen molar-refractivity contribution in [2.75, 3.05) is 11.9 Å². The van der Waals surface area contributed by atoms with E-state index in [0.29, 0.717) is 12.1 Å². The van der Waals surface area contributed by atoms with Crippen LogP contribution in [0.1, 0.15) is 12.0 Å². The normalized spacial score (nSPS) is 16.4. The lowest BCUT2D eigenvalue weighted by Gasteiger charge is -2.12. The maximum Gasteiger partial charge on any atom is 0.324 e. The summed E-state index contributed by atoms with van der Waals surface area (Å²) < 4.78 is 0. The topological polar surface area (TPSA) is 94.3 Å². The molecule has 0 spiro atoms. The van der Waals surface area contributed by atoms with Crippen LogP contribution in [-0.2, 0) is 16.0 Å². The monoisotopic (exact) mass is 376 g/mol. The number of urea groups is 1. The molecule has 0 radical (unpaired) electrons. The molecule has 1 aliphatic heterocycles. The molecule has 28 heavy (non-hydrogen) atoms. The summed E-state index contributed by atoms with van der Waals surface area (Å²) in [5.74, 6) is -0.684. The fourth-order valence-electron chi connectivity index (χ4n) is 3.42. The summed E-state index contributed by atoms with van der Waals surface area (Å²) in [5, 5.41) is 6.41. The number of hydrogen-bond acceptors (Lipinski definition) is 3. The third kappa shape index (κ3) is 3.59. The molecule has 1 aromatic heterocycles. The largest absolute Gasteiger partial charge is 0.361 e. The first-order chi connectivity index (χ1) is 13.6. The molecule has 3 N–H and O–H groups in total. The molecule has 7 nitrogen and oxygen atoms in total. The lowest BCUT2D eigenvalue weighted by Crippen LogP contribution is -2.34. The number of nitrogens with one attached hydrogen (secondary N) is 3. The molecular weight excluding hydrogens is 356 g/mol. The van der Waals surface area contributed by atoms with Crippen molar-refractivity contribution in [2.45, 2.75) is 18.9 Å². The van der Waals surface area contributed by atoms with Gasteiger partial charge in [0.1, 0.15) is 6.04 Å². The van der Waals surface area contributed by atoms with Crippen LogP contribution in [0.25, 0.3) is 10.9 Å². The van der Waals surface area contributed by atoms with Gasteiger partial charge in [0.25, 0.3) is 5.91 Å². The number of aromatic nitrogens is 1. The fraction of sp³-hybridized carbons (Fsp3) is 0.190. The van der Waals surface area contributed by atoms with E-state index >= 15 is 0 Å². The van der Waals surface area contributed by atoms with Gasteiger partial charge in [0.15, 0.2) is 0 Å². The number of carbonyl (C=O) groups excluding carboxylic acids is 3. The van der Waals surface area contributed by atoms with E-state index in [1.807, 2.05) is 48.7 Å². The first-order valence-corrected chi connectivity index (χ1v) is 9.13. The van der Waals surface area contributed by atoms with Gasteiger partial charge < -0.3 is 15.6 Å². The van der Waals surface area contributed by atoms with Crippen LogP contribution < -0.4 is 10.6 Å². The predicted molar refractivity (Wildman–Crippen MR) is 106 cm³/mol. The molecule has 0 unspecified atom stereocenters. The Labute approximate surface area is 161 Å². The maximum atomic E-state index is 12.6. The molecule has 4 rings (SSSR count). The van der Waals surface area contributed by atoms with Crippen molar-refractivity contribution in [2.24, 2.45) is 0 Å². The Morgan fingerprint density at radius 2 is 1.79 bits per heavy atom. The SMILES string of the molecule is O=C(C[C@H]1NC(=O)N(CCc2c[nH]c3ccccc23)C1=O)Nc1ccccc1. The number of anilines is 1. The number of nitrogens with zero attached hydrogens (tertiary/aromatic N) is 1. The number of rotatable bonds is 6. The number of para-hydroxylation sites is 2. The van der Waals surface area contributed by atoms with Gasteiger partial charge in [0.05, 0.1) is 6.42 Å². The van der Waals surface area contributed by atoms with Gasteiger partial charge in [0.2, 0.25) is 5.91 Å². The molecule has 3 aromatic rings. The zero-order valence-electron chi connectivity index (χ0n) is 15.1. The minimum atomic E-state index is -0.834. The van der Waals surface area contributed by atoms with Crippen LogP contribution in [0, 0.1) is 0 Å². The van der Waals surface area contributed by atoms with Crippen LogP contribution >= 0.6 is 0 Å². The van der Waals surface area contributed by atoms with E-state index in [1.54, 1.807) is 12.1 Å². The van der Waals surface area contributed by atoms with Crippen LogP contribution in [0.4, 0.5) is 10.5 Å². The first kappa shape index (κ1) is 17.8. The van der Waals surface area contributed by atoms with Gasteiger partial charge in [-0.3, -0.25) is 14.5 Å². The highest BCUT2D eigenvalue weighted by molar-refractivity contribution is 6.07. The predicted octanol–water partition coefficient (Wildman–Crippen LogP) is 2.66. The van der Waals surface area contributed by atoms with Crippen molar-refractivity contribution in [3.05, 3.63) is 66.4 Å². The molecule has 142 valence electrons. The average Bonchev–Trinajstić information content (AvgIpc) is 3.22. The van der Waals surface area contributed by atoms with Gasteiger partial charge in [-0.1, -0.05) is 36.4 Å². The Hall–Kier alpha value is -3.61. The molecular formula is C21H20N4O3. The van der Waals surface area contributed by atoms with Crippen LogP contribution in [0.3, 0.4) is 0 Å². The average molecular weight is 376 g/mol. The molecule has 4 amide bonds. The number of H-pyrrole nitrogens is 1. The van der Waals surface area contributed by atoms with Gasteiger partial charge >= 0.3 is 6.03 Å². The van der Waals surface area contributed by atoms with Crippen molar-refractivity contribution in [3.8, 4) is 0 Å². The summed E-state index contributed by atoms with van der Waals surface area (Å²) in [6.45, 7) is 0.267. The molecule has 0 saturated carbocycles. The summed E-state index contributed by atoms with van der Waals surface area (Å²) in [6, 6.07) is 15.6. The van der Waals surface area contributed by atoms with Crippen molar-refractivity contribution >= 4 is 34.4 Å². The number of hydrogen-bond donors (Lipinski definition) is 3. The van der Waals surface area contributed by atoms with E-state index < -0.39 is 12.1 Å². The second kappa shape index (κ2) is 7.56. The smallest absolute Gasteiger partial charge is 0.324 e. The first-order valence-electron chi connectivity index (χ1n) is 9.13. The Balaban J connectivity index is 1.36. The highest BCUT2D eigenvalue weighted by Gasteiger charge is 2.38. The second-order valence-electron chi connectivity index (χ2n) is 6.72. The van der Waals surface area contributed by atoms with Gasteiger partial charge in [-0.15, -0.1) is 0 Å². The van der Waals surface area contributed by atoms with E-state index in [9.17, 15) is 14.4 Å². The Kier molecular flexibility index (Phi) is 4.80. The van der Waals surface area contributed by atoms with Crippen molar-refractivity contribution < 1.29 is 14.4 Å². The summed E-state index contributed by atoms with van der Waals surface area (Å²) >= 11 is 0. The van der Waals surface area contributed by atoms with E-state index in [-0.39, 0.29) is 24.8 Å². The summed E-state index contributed by atoms with van der Waals surface area (Å²) in [6.07, 6.45) is 2.35. The molecule has 1 saturated heterocycles. The van der Waals surface area contributed by atoms with E-state index in [4.69, 9.17) is 0 Å². The van der Waals surface area contributed by atoms with Crippen LogP contribution in [0.5, 0.6) is 0 Å². The number of benzene rings is 2. The van der Waals surface area contributed by atoms with Gasteiger partial charge in [-0.05, 0) is 30.2 Å². The van der Waals surface area contributed by atoms with Gasteiger partial charge in [-0.2, -0.15) is 0 Å². The van der Waals surface area contributed by atoms with Crippen molar-refractivity contribution in [3.63, 3.8) is 0 Å². The molecule has 2 aromatic carbocycles. The zero-order chi connectivity index (χ0) is 19.5. The van der Waals surface area contributed by atoms with E-state index in [1.165, 1.54) is 4.90 Å². The number of carbonyl (C=O) groups is 3. The Morgan fingerprint density at radius 3 is 2.61 bits per heavy atom. The quantitative estimate of drug-likeness (QED) is 0.577. The molecule has 2 heterocycles. The second-order valence-corrected chi connectivity index (χ2v) is 6.72. The molecule has 1 fully saturated rings. The number of aromatic amines is 1. The standard InChI is InChI=1S/C21H20N4O3/c26-19(23-15-6-2-1-3-7-15)12-18-20(27)25(21(28)24-18)11-10-14-13-22-17-9-5-4-8-16(14)17/h1-9,13,18,22H,10-12H2,(H,23,26)(H,24,28)/t18-/m1/s1. The Bertz CT molecular complexity index is 1030. The van der Waals surface area contributed by atoms with Crippen LogP contribution in [0.15, 0.2) is 60.8 Å². The maximum absolute atomic E-state index is 12.6. The Morgan fingerprint density at radius 1 is 1.04 bits per heavy atom.